The van der Waals surface area contributed by atoms with E-state index < -0.39 is 0 Å². The molecule has 0 saturated heterocycles. The molecule has 0 aliphatic heterocycles. The van der Waals surface area contributed by atoms with Crippen molar-refractivity contribution in [2.24, 2.45) is 0 Å². The van der Waals surface area contributed by atoms with E-state index in [1.807, 2.05) is 12.1 Å². The standard InChI is InChI=1S/C49H32N4/c1-3-13-33(14-4-1)35-23-27-37(28-24-35)47-50-48(38-29-25-36(26-30-38)34-15-5-2-6-16-34)52-49(51-47)43-31-32-46(40-18-8-7-17-39(40)43)53-44-21-11-9-19-41(44)42-20-10-12-22-45(42)53/h1-32H. The van der Waals surface area contributed by atoms with Gasteiger partial charge in [-0.05, 0) is 51.9 Å². The van der Waals surface area contributed by atoms with E-state index in [1.54, 1.807) is 0 Å². The van der Waals surface area contributed by atoms with Gasteiger partial charge in [-0.2, -0.15) is 0 Å². The van der Waals surface area contributed by atoms with Gasteiger partial charge in [0.2, 0.25) is 0 Å². The number of hydrogen-bond acceptors (Lipinski definition) is 3. The van der Waals surface area contributed by atoms with Crippen molar-refractivity contribution in [1.29, 1.82) is 0 Å². The molecule has 0 atom stereocenters. The van der Waals surface area contributed by atoms with Gasteiger partial charge in [0.1, 0.15) is 0 Å². The number of aromatic nitrogens is 4. The zero-order valence-electron chi connectivity index (χ0n) is 28.8. The summed E-state index contributed by atoms with van der Waals surface area (Å²) >= 11 is 0. The van der Waals surface area contributed by atoms with Crippen LogP contribution in [0.5, 0.6) is 0 Å². The fraction of sp³-hybridized carbons (Fsp3) is 0. The first kappa shape index (κ1) is 30.6. The Hall–Kier alpha value is -7.17. The van der Waals surface area contributed by atoms with Gasteiger partial charge in [0, 0.05) is 32.8 Å². The molecule has 0 radical (unpaired) electrons. The van der Waals surface area contributed by atoms with Crippen LogP contribution in [0.15, 0.2) is 194 Å². The molecule has 4 nitrogen and oxygen atoms in total. The highest BCUT2D eigenvalue weighted by atomic mass is 15.0. The number of rotatable bonds is 6. The van der Waals surface area contributed by atoms with Gasteiger partial charge in [0.15, 0.2) is 17.5 Å². The van der Waals surface area contributed by atoms with Gasteiger partial charge in [-0.15, -0.1) is 0 Å². The molecule has 0 bridgehead atoms. The van der Waals surface area contributed by atoms with Crippen LogP contribution in [0.4, 0.5) is 0 Å². The lowest BCUT2D eigenvalue weighted by Crippen LogP contribution is -2.02. The van der Waals surface area contributed by atoms with Crippen molar-refractivity contribution in [3.8, 4) is 62.1 Å². The predicted molar refractivity (Wildman–Crippen MR) is 219 cm³/mol. The highest BCUT2D eigenvalue weighted by Gasteiger charge is 2.18. The van der Waals surface area contributed by atoms with E-state index in [0.717, 1.165) is 44.3 Å². The third-order valence-electron chi connectivity index (χ3n) is 10.1. The molecule has 0 saturated carbocycles. The first-order valence-corrected chi connectivity index (χ1v) is 17.9. The summed E-state index contributed by atoms with van der Waals surface area (Å²) in [6.07, 6.45) is 0. The molecule has 8 aromatic carbocycles. The number of fused-ring (bicyclic) bond motifs is 4. The molecule has 53 heavy (non-hydrogen) atoms. The lowest BCUT2D eigenvalue weighted by Gasteiger charge is -2.15. The molecule has 2 aromatic heterocycles. The first-order chi connectivity index (χ1) is 26.3. The molecule has 0 spiro atoms. The molecule has 0 unspecified atom stereocenters. The molecule has 0 fully saturated rings. The second-order valence-electron chi connectivity index (χ2n) is 13.2. The fourth-order valence-electron chi connectivity index (χ4n) is 7.49. The van der Waals surface area contributed by atoms with Crippen molar-refractivity contribution < 1.29 is 0 Å². The van der Waals surface area contributed by atoms with Gasteiger partial charge >= 0.3 is 0 Å². The van der Waals surface area contributed by atoms with Gasteiger partial charge in [0.25, 0.3) is 0 Å². The SMILES string of the molecule is c1ccc(-c2ccc(-c3nc(-c4ccc(-c5ccccc5)cc4)nc(-c4ccc(-n5c6ccccc6c6ccccc65)c5ccccc45)n3)cc2)cc1. The van der Waals surface area contributed by atoms with Crippen molar-refractivity contribution >= 4 is 32.6 Å². The molecule has 248 valence electrons. The number of nitrogens with zero attached hydrogens (tertiary/aromatic N) is 4. The Morgan fingerprint density at radius 3 is 1.15 bits per heavy atom. The minimum absolute atomic E-state index is 0.632. The van der Waals surface area contributed by atoms with Crippen LogP contribution in [0.25, 0.3) is 94.7 Å². The van der Waals surface area contributed by atoms with Crippen molar-refractivity contribution in [3.05, 3.63) is 194 Å². The number of para-hydroxylation sites is 2. The van der Waals surface area contributed by atoms with Crippen LogP contribution in [-0.4, -0.2) is 19.5 Å². The summed E-state index contributed by atoms with van der Waals surface area (Å²) in [5.74, 6) is 1.90. The quantitative estimate of drug-likeness (QED) is 0.176. The van der Waals surface area contributed by atoms with E-state index in [-0.39, 0.29) is 0 Å². The lowest BCUT2D eigenvalue weighted by molar-refractivity contribution is 1.08. The van der Waals surface area contributed by atoms with Gasteiger partial charge in [-0.1, -0.05) is 170 Å². The van der Waals surface area contributed by atoms with Crippen LogP contribution in [0, 0.1) is 0 Å². The van der Waals surface area contributed by atoms with Crippen LogP contribution in [0.2, 0.25) is 0 Å². The van der Waals surface area contributed by atoms with Crippen LogP contribution < -0.4 is 0 Å². The Morgan fingerprint density at radius 2 is 0.642 bits per heavy atom. The second kappa shape index (κ2) is 12.9. The maximum Gasteiger partial charge on any atom is 0.164 e. The molecule has 0 aliphatic carbocycles. The van der Waals surface area contributed by atoms with Crippen LogP contribution >= 0.6 is 0 Å². The van der Waals surface area contributed by atoms with Crippen molar-refractivity contribution in [1.82, 2.24) is 19.5 Å². The molecule has 0 N–H and O–H groups in total. The van der Waals surface area contributed by atoms with Crippen LogP contribution in [-0.2, 0) is 0 Å². The van der Waals surface area contributed by atoms with E-state index in [9.17, 15) is 0 Å². The van der Waals surface area contributed by atoms with E-state index in [2.05, 4.69) is 187 Å². The van der Waals surface area contributed by atoms with E-state index in [1.165, 1.54) is 32.9 Å². The minimum atomic E-state index is 0.632. The Balaban J connectivity index is 1.15. The molecule has 10 aromatic rings. The van der Waals surface area contributed by atoms with E-state index in [0.29, 0.717) is 17.5 Å². The average Bonchev–Trinajstić information content (AvgIpc) is 3.58. The summed E-state index contributed by atoms with van der Waals surface area (Å²) in [7, 11) is 0. The minimum Gasteiger partial charge on any atom is -0.309 e. The largest absolute Gasteiger partial charge is 0.309 e. The number of benzene rings is 8. The molecule has 2 heterocycles. The van der Waals surface area contributed by atoms with Gasteiger partial charge in [0.05, 0.1) is 16.7 Å². The van der Waals surface area contributed by atoms with Crippen LogP contribution in [0.3, 0.4) is 0 Å². The summed E-state index contributed by atoms with van der Waals surface area (Å²) in [5, 5.41) is 4.67. The molecule has 0 amide bonds. The van der Waals surface area contributed by atoms with Gasteiger partial charge < -0.3 is 4.57 Å². The maximum atomic E-state index is 5.18. The second-order valence-corrected chi connectivity index (χ2v) is 13.2. The van der Waals surface area contributed by atoms with Crippen molar-refractivity contribution in [3.63, 3.8) is 0 Å². The summed E-state index contributed by atoms with van der Waals surface area (Å²) in [4.78, 5) is 15.4. The summed E-state index contributed by atoms with van der Waals surface area (Å²) in [5.41, 5.74) is 10.9. The lowest BCUT2D eigenvalue weighted by atomic mass is 10.0. The molecule has 4 heteroatoms. The van der Waals surface area contributed by atoms with E-state index in [4.69, 9.17) is 15.0 Å². The summed E-state index contributed by atoms with van der Waals surface area (Å²) < 4.78 is 2.38. The molecular weight excluding hydrogens is 645 g/mol. The Kier molecular flexibility index (Phi) is 7.43. The zero-order valence-corrected chi connectivity index (χ0v) is 28.8. The van der Waals surface area contributed by atoms with Crippen molar-refractivity contribution in [2.45, 2.75) is 0 Å². The summed E-state index contributed by atoms with van der Waals surface area (Å²) in [6.45, 7) is 0. The first-order valence-electron chi connectivity index (χ1n) is 17.9. The molecule has 0 aliphatic rings. The third-order valence-corrected chi connectivity index (χ3v) is 10.1. The Bertz CT molecular complexity index is 2760. The molecular formula is C49H32N4. The monoisotopic (exact) mass is 676 g/mol. The Morgan fingerprint density at radius 1 is 0.264 bits per heavy atom. The summed E-state index contributed by atoms with van der Waals surface area (Å²) in [6, 6.07) is 68.0. The highest BCUT2D eigenvalue weighted by Crippen LogP contribution is 2.38. The average molecular weight is 677 g/mol. The smallest absolute Gasteiger partial charge is 0.164 e. The topological polar surface area (TPSA) is 43.6 Å². The van der Waals surface area contributed by atoms with Gasteiger partial charge in [-0.25, -0.2) is 15.0 Å². The van der Waals surface area contributed by atoms with Crippen molar-refractivity contribution in [2.75, 3.05) is 0 Å². The maximum absolute atomic E-state index is 5.18. The van der Waals surface area contributed by atoms with E-state index >= 15 is 0 Å². The van der Waals surface area contributed by atoms with Gasteiger partial charge in [-0.3, -0.25) is 0 Å². The third kappa shape index (κ3) is 5.45. The number of hydrogen-bond donors (Lipinski definition) is 0. The normalized spacial score (nSPS) is 11.4. The highest BCUT2D eigenvalue weighted by molar-refractivity contribution is 6.11. The molecule has 10 rings (SSSR count). The predicted octanol–water partition coefficient (Wildman–Crippen LogP) is 12.5. The fourth-order valence-corrected chi connectivity index (χ4v) is 7.49. The van der Waals surface area contributed by atoms with Crippen LogP contribution in [0.1, 0.15) is 0 Å². The Labute approximate surface area is 307 Å². The zero-order chi connectivity index (χ0) is 35.1.